The first-order valence-electron chi connectivity index (χ1n) is 8.24. The maximum absolute atomic E-state index is 12.6. The first-order valence-corrected chi connectivity index (χ1v) is 9.05. The molecule has 0 saturated heterocycles. The first-order chi connectivity index (χ1) is 11.0. The van der Waals surface area contributed by atoms with E-state index >= 15 is 0 Å². The predicted octanol–water partition coefficient (Wildman–Crippen LogP) is 2.82. The summed E-state index contributed by atoms with van der Waals surface area (Å²) in [6.07, 6.45) is 3.41. The third-order valence-corrected chi connectivity index (χ3v) is 6.06. The molecule has 4 rings (SSSR count). The third kappa shape index (κ3) is 2.80. The van der Waals surface area contributed by atoms with E-state index in [2.05, 4.69) is 33.8 Å². The Bertz CT molecular complexity index is 746. The zero-order chi connectivity index (χ0) is 16.1. The van der Waals surface area contributed by atoms with Crippen LogP contribution in [0.15, 0.2) is 12.1 Å². The van der Waals surface area contributed by atoms with Gasteiger partial charge in [-0.1, -0.05) is 0 Å². The topological polar surface area (TPSA) is 51.0 Å². The predicted molar refractivity (Wildman–Crippen MR) is 89.4 cm³/mol. The van der Waals surface area contributed by atoms with Gasteiger partial charge in [0.1, 0.15) is 5.82 Å². The van der Waals surface area contributed by atoms with Gasteiger partial charge in [0.05, 0.1) is 6.54 Å². The molecule has 0 aromatic carbocycles. The highest BCUT2D eigenvalue weighted by atomic mass is 32.1. The van der Waals surface area contributed by atoms with Crippen LogP contribution in [-0.2, 0) is 18.4 Å². The molecule has 0 aliphatic heterocycles. The first kappa shape index (κ1) is 14.9. The van der Waals surface area contributed by atoms with E-state index in [1.54, 1.807) is 0 Å². The van der Waals surface area contributed by atoms with Crippen LogP contribution < -0.4 is 0 Å². The van der Waals surface area contributed by atoms with Crippen LogP contribution in [-0.4, -0.2) is 32.6 Å². The lowest BCUT2D eigenvalue weighted by atomic mass is 10.2. The van der Waals surface area contributed by atoms with Crippen molar-refractivity contribution >= 4 is 17.2 Å². The normalized spacial score (nSPS) is 23.1. The van der Waals surface area contributed by atoms with Crippen molar-refractivity contribution in [1.29, 1.82) is 0 Å². The lowest BCUT2D eigenvalue weighted by molar-refractivity contribution is -0.132. The summed E-state index contributed by atoms with van der Waals surface area (Å²) in [5.41, 5.74) is 0. The molecule has 2 fully saturated rings. The Morgan fingerprint density at radius 2 is 2.17 bits per heavy atom. The fraction of sp³-hybridized carbons (Fsp3) is 0.588. The maximum Gasteiger partial charge on any atom is 0.226 e. The van der Waals surface area contributed by atoms with Crippen molar-refractivity contribution in [3.8, 4) is 0 Å². The molecule has 5 nitrogen and oxygen atoms in total. The van der Waals surface area contributed by atoms with Crippen molar-refractivity contribution in [3.05, 3.63) is 33.5 Å². The number of carbonyl (C=O) groups excluding carboxylic acids is 1. The molecule has 0 N–H and O–H groups in total. The Balaban J connectivity index is 1.39. The summed E-state index contributed by atoms with van der Waals surface area (Å²) in [4.78, 5) is 17.1. The van der Waals surface area contributed by atoms with Gasteiger partial charge >= 0.3 is 0 Å². The Hall–Kier alpha value is -1.69. The van der Waals surface area contributed by atoms with Crippen molar-refractivity contribution in [1.82, 2.24) is 19.7 Å². The van der Waals surface area contributed by atoms with E-state index in [4.69, 9.17) is 0 Å². The fourth-order valence-corrected chi connectivity index (χ4v) is 4.27. The maximum atomic E-state index is 12.6. The minimum atomic E-state index is 0.147. The van der Waals surface area contributed by atoms with Crippen molar-refractivity contribution in [2.24, 2.45) is 13.0 Å². The van der Waals surface area contributed by atoms with E-state index in [-0.39, 0.29) is 11.8 Å². The molecule has 2 aromatic rings. The van der Waals surface area contributed by atoms with Gasteiger partial charge in [-0.3, -0.25) is 4.79 Å². The van der Waals surface area contributed by atoms with Crippen molar-refractivity contribution < 1.29 is 4.79 Å². The van der Waals surface area contributed by atoms with Gasteiger partial charge < -0.3 is 9.47 Å². The average molecular weight is 330 g/mol. The SMILES string of the molecule is Cc1ccc([C@@H]2C[C@@H]2C(=O)N(C)Cc2nnc(C3CC3)n2C)s1. The minimum absolute atomic E-state index is 0.147. The van der Waals surface area contributed by atoms with Gasteiger partial charge in [0, 0.05) is 41.6 Å². The summed E-state index contributed by atoms with van der Waals surface area (Å²) >= 11 is 1.81. The highest BCUT2D eigenvalue weighted by molar-refractivity contribution is 7.12. The summed E-state index contributed by atoms with van der Waals surface area (Å²) in [6, 6.07) is 4.31. The summed E-state index contributed by atoms with van der Waals surface area (Å²) in [5, 5.41) is 8.57. The standard InChI is InChI=1S/C17H22N4OS/c1-10-4-7-14(23-10)12-8-13(12)17(22)20(2)9-15-18-19-16(21(15)3)11-5-6-11/h4,7,11-13H,5-6,8-9H2,1-3H3/t12-,13+/m1/s1. The molecule has 2 aliphatic rings. The number of aromatic nitrogens is 3. The molecular weight excluding hydrogens is 308 g/mol. The molecule has 23 heavy (non-hydrogen) atoms. The van der Waals surface area contributed by atoms with Gasteiger partial charge in [0.15, 0.2) is 5.82 Å². The van der Waals surface area contributed by atoms with E-state index in [0.29, 0.717) is 18.4 Å². The molecule has 1 amide bonds. The van der Waals surface area contributed by atoms with Crippen LogP contribution in [0.4, 0.5) is 0 Å². The van der Waals surface area contributed by atoms with Crippen molar-refractivity contribution in [2.75, 3.05) is 7.05 Å². The van der Waals surface area contributed by atoms with Crippen LogP contribution in [0, 0.1) is 12.8 Å². The lowest BCUT2D eigenvalue weighted by Gasteiger charge is -2.16. The van der Waals surface area contributed by atoms with E-state index < -0.39 is 0 Å². The smallest absolute Gasteiger partial charge is 0.226 e. The van der Waals surface area contributed by atoms with Crippen LogP contribution in [0.1, 0.15) is 52.5 Å². The van der Waals surface area contributed by atoms with E-state index in [9.17, 15) is 4.79 Å². The van der Waals surface area contributed by atoms with Crippen LogP contribution in [0.5, 0.6) is 0 Å². The van der Waals surface area contributed by atoms with Crippen molar-refractivity contribution in [2.45, 2.75) is 44.6 Å². The Morgan fingerprint density at radius 3 is 2.83 bits per heavy atom. The molecule has 6 heteroatoms. The second kappa shape index (κ2) is 5.44. The number of thiophene rings is 1. The second-order valence-electron chi connectivity index (χ2n) is 6.90. The molecule has 2 aliphatic carbocycles. The molecule has 2 saturated carbocycles. The Kier molecular flexibility index (Phi) is 3.52. The number of aryl methyl sites for hydroxylation is 1. The molecule has 0 radical (unpaired) electrons. The zero-order valence-electron chi connectivity index (χ0n) is 13.8. The quantitative estimate of drug-likeness (QED) is 0.847. The summed E-state index contributed by atoms with van der Waals surface area (Å²) in [7, 11) is 3.89. The van der Waals surface area contributed by atoms with Gasteiger partial charge in [-0.2, -0.15) is 0 Å². The molecule has 0 unspecified atom stereocenters. The highest BCUT2D eigenvalue weighted by Crippen LogP contribution is 2.50. The molecule has 122 valence electrons. The van der Waals surface area contributed by atoms with Gasteiger partial charge in [0.25, 0.3) is 0 Å². The van der Waals surface area contributed by atoms with Crippen LogP contribution in [0.2, 0.25) is 0 Å². The third-order valence-electron chi connectivity index (χ3n) is 4.93. The van der Waals surface area contributed by atoms with E-state index in [0.717, 1.165) is 18.1 Å². The number of nitrogens with zero attached hydrogens (tertiary/aromatic N) is 4. The van der Waals surface area contributed by atoms with Crippen molar-refractivity contribution in [3.63, 3.8) is 0 Å². The number of hydrogen-bond donors (Lipinski definition) is 0. The molecule has 2 heterocycles. The highest BCUT2D eigenvalue weighted by Gasteiger charge is 2.46. The number of amides is 1. The molecular formula is C17H22N4OS. The van der Waals surface area contributed by atoms with Crippen LogP contribution in [0.3, 0.4) is 0 Å². The second-order valence-corrected chi connectivity index (χ2v) is 8.22. The monoisotopic (exact) mass is 330 g/mol. The van der Waals surface area contributed by atoms with Crippen LogP contribution >= 0.6 is 11.3 Å². The molecule has 2 aromatic heterocycles. The zero-order valence-corrected chi connectivity index (χ0v) is 14.6. The van der Waals surface area contributed by atoms with Crippen LogP contribution in [0.25, 0.3) is 0 Å². The Morgan fingerprint density at radius 1 is 1.39 bits per heavy atom. The summed E-state index contributed by atoms with van der Waals surface area (Å²) in [6.45, 7) is 2.66. The van der Waals surface area contributed by atoms with Gasteiger partial charge in [-0.05, 0) is 38.3 Å². The minimum Gasteiger partial charge on any atom is -0.338 e. The molecule has 0 spiro atoms. The van der Waals surface area contributed by atoms with E-state index in [1.165, 1.54) is 22.6 Å². The summed E-state index contributed by atoms with van der Waals surface area (Å²) in [5.74, 6) is 3.33. The lowest BCUT2D eigenvalue weighted by Crippen LogP contribution is -2.29. The largest absolute Gasteiger partial charge is 0.338 e. The molecule has 0 bridgehead atoms. The fourth-order valence-electron chi connectivity index (χ4n) is 3.22. The average Bonchev–Trinajstić information content (AvgIpc) is 3.44. The van der Waals surface area contributed by atoms with Gasteiger partial charge in [-0.15, -0.1) is 21.5 Å². The van der Waals surface area contributed by atoms with Gasteiger partial charge in [-0.25, -0.2) is 0 Å². The Labute approximate surface area is 140 Å². The number of hydrogen-bond acceptors (Lipinski definition) is 4. The number of carbonyl (C=O) groups is 1. The van der Waals surface area contributed by atoms with Gasteiger partial charge in [0.2, 0.25) is 5.91 Å². The summed E-state index contributed by atoms with van der Waals surface area (Å²) < 4.78 is 2.06. The number of rotatable bonds is 5. The molecule has 2 atom stereocenters. The van der Waals surface area contributed by atoms with E-state index in [1.807, 2.05) is 30.3 Å².